The van der Waals surface area contributed by atoms with Gasteiger partial charge < -0.3 is 24.5 Å². The maximum Gasteiger partial charge on any atom is 0.242 e. The van der Waals surface area contributed by atoms with Crippen molar-refractivity contribution in [1.82, 2.24) is 19.6 Å². The minimum Gasteiger partial charge on any atom is -0.368 e. The molecule has 1 heterocycles. The molecule has 0 spiro atoms. The van der Waals surface area contributed by atoms with E-state index in [0.29, 0.717) is 65.5 Å². The maximum absolute atomic E-state index is 13.6. The molecule has 0 radical (unpaired) electrons. The van der Waals surface area contributed by atoms with Crippen LogP contribution in [0, 0.1) is 5.82 Å². The summed E-state index contributed by atoms with van der Waals surface area (Å²) in [7, 11) is 3.27. The molecule has 0 aliphatic carbocycles. The van der Waals surface area contributed by atoms with Gasteiger partial charge in [-0.3, -0.25) is 19.4 Å². The molecule has 0 aromatic heterocycles. The molecule has 3 amide bonds. The molecule has 9 nitrogen and oxygen atoms in total. The van der Waals surface area contributed by atoms with E-state index in [9.17, 15) is 18.8 Å². The number of aliphatic imine (C=N–C) groups is 1. The van der Waals surface area contributed by atoms with Crippen LogP contribution < -0.4 is 4.90 Å². The average Bonchev–Trinajstić information content (AvgIpc) is 3.05. The van der Waals surface area contributed by atoms with Gasteiger partial charge in [-0.1, -0.05) is 47.5 Å². The third-order valence-corrected chi connectivity index (χ3v) is 9.42. The Morgan fingerprint density at radius 3 is 2.23 bits per heavy atom. The van der Waals surface area contributed by atoms with Crippen LogP contribution in [0.3, 0.4) is 0 Å². The van der Waals surface area contributed by atoms with Gasteiger partial charge in [0.2, 0.25) is 17.7 Å². The van der Waals surface area contributed by atoms with Gasteiger partial charge in [0.1, 0.15) is 12.4 Å². The molecule has 1 aliphatic heterocycles. The van der Waals surface area contributed by atoms with Crippen LogP contribution in [-0.4, -0.2) is 103 Å². The SMILES string of the molecule is C=NC(=C)/C(=C\N(CSCc1ccc(F)cc1)CC(=O)N1CCN(c2ccc(Cl)c(Cl)c2)CC1)C/C(C)=C/N(CC(=O)N(C)C)C(C)=O. The normalized spacial score (nSPS) is 13.6. The maximum atomic E-state index is 13.6. The fraction of sp³-hybridized carbons (Fsp3) is 0.371. The number of allylic oxidation sites excluding steroid dienone is 2. The molecule has 0 N–H and O–H groups in total. The number of hydrogen-bond donors (Lipinski definition) is 0. The summed E-state index contributed by atoms with van der Waals surface area (Å²) in [4.78, 5) is 51.1. The van der Waals surface area contributed by atoms with Gasteiger partial charge in [-0.15, -0.1) is 11.8 Å². The summed E-state index contributed by atoms with van der Waals surface area (Å²) < 4.78 is 13.4. The second-order valence-corrected chi connectivity index (χ2v) is 13.4. The summed E-state index contributed by atoms with van der Waals surface area (Å²) >= 11 is 13.9. The van der Waals surface area contributed by atoms with Crippen LogP contribution in [0.25, 0.3) is 0 Å². The van der Waals surface area contributed by atoms with Crippen LogP contribution in [0.5, 0.6) is 0 Å². The van der Waals surface area contributed by atoms with Crippen molar-refractivity contribution in [3.8, 4) is 0 Å². The third-order valence-electron chi connectivity index (χ3n) is 7.63. The predicted molar refractivity (Wildman–Crippen MR) is 196 cm³/mol. The lowest BCUT2D eigenvalue weighted by Gasteiger charge is -2.37. The minimum atomic E-state index is -0.295. The summed E-state index contributed by atoms with van der Waals surface area (Å²) in [5.74, 6) is 0.276. The Morgan fingerprint density at radius 1 is 0.979 bits per heavy atom. The Balaban J connectivity index is 1.79. The van der Waals surface area contributed by atoms with Gasteiger partial charge in [-0.05, 0) is 61.5 Å². The number of carbonyl (C=O) groups is 3. The van der Waals surface area contributed by atoms with Gasteiger partial charge >= 0.3 is 0 Å². The average molecular weight is 718 g/mol. The Labute approximate surface area is 297 Å². The molecule has 0 unspecified atom stereocenters. The van der Waals surface area contributed by atoms with Crippen LogP contribution in [0.15, 0.2) is 83.3 Å². The number of carbonyl (C=O) groups excluding carboxylic acids is 3. The largest absolute Gasteiger partial charge is 0.368 e. The predicted octanol–water partition coefficient (Wildman–Crippen LogP) is 6.30. The smallest absolute Gasteiger partial charge is 0.242 e. The van der Waals surface area contributed by atoms with Crippen molar-refractivity contribution in [2.24, 2.45) is 4.99 Å². The Hall–Kier alpha value is -3.80. The van der Waals surface area contributed by atoms with E-state index in [4.69, 9.17) is 23.2 Å². The molecule has 1 saturated heterocycles. The van der Waals surface area contributed by atoms with E-state index in [1.165, 1.54) is 28.9 Å². The molecule has 13 heteroatoms. The van der Waals surface area contributed by atoms with Crippen molar-refractivity contribution in [2.45, 2.75) is 26.0 Å². The quantitative estimate of drug-likeness (QED) is 0.122. The van der Waals surface area contributed by atoms with E-state index < -0.39 is 0 Å². The number of nitrogens with zero attached hydrogens (tertiary/aromatic N) is 6. The third kappa shape index (κ3) is 12.0. The molecular formula is C35H43Cl2FN6O3S. The molecule has 258 valence electrons. The first kappa shape index (κ1) is 38.6. The zero-order valence-electron chi connectivity index (χ0n) is 27.9. The van der Waals surface area contributed by atoms with E-state index in [1.54, 1.807) is 50.3 Å². The topological polar surface area (TPSA) is 79.8 Å². The summed E-state index contributed by atoms with van der Waals surface area (Å²) in [6, 6.07) is 11.9. The van der Waals surface area contributed by atoms with Crippen LogP contribution in [0.1, 0.15) is 25.8 Å². The molecule has 2 aromatic carbocycles. The molecule has 1 fully saturated rings. The summed E-state index contributed by atoms with van der Waals surface area (Å²) in [5.41, 5.74) is 3.84. The van der Waals surface area contributed by atoms with Crippen molar-refractivity contribution < 1.29 is 18.8 Å². The highest BCUT2D eigenvalue weighted by molar-refractivity contribution is 7.98. The minimum absolute atomic E-state index is 0.0313. The zero-order chi connectivity index (χ0) is 35.4. The van der Waals surface area contributed by atoms with Crippen molar-refractivity contribution in [3.05, 3.63) is 99.7 Å². The van der Waals surface area contributed by atoms with Crippen LogP contribution in [0.2, 0.25) is 10.0 Å². The summed E-state index contributed by atoms with van der Waals surface area (Å²) in [6.07, 6.45) is 3.87. The molecule has 0 bridgehead atoms. The second-order valence-electron chi connectivity index (χ2n) is 11.7. The highest BCUT2D eigenvalue weighted by Crippen LogP contribution is 2.28. The molecule has 1 aliphatic rings. The number of rotatable bonds is 15. The number of benzene rings is 2. The van der Waals surface area contributed by atoms with E-state index in [1.807, 2.05) is 35.1 Å². The Bertz CT molecular complexity index is 1540. The monoisotopic (exact) mass is 716 g/mol. The Kier molecular flexibility index (Phi) is 15.0. The number of likely N-dealkylation sites (N-methyl/N-ethyl adjacent to an activating group) is 1. The van der Waals surface area contributed by atoms with Crippen LogP contribution in [0.4, 0.5) is 10.1 Å². The van der Waals surface area contributed by atoms with Crippen molar-refractivity contribution in [1.29, 1.82) is 0 Å². The van der Waals surface area contributed by atoms with Gasteiger partial charge in [0.25, 0.3) is 0 Å². The highest BCUT2D eigenvalue weighted by Gasteiger charge is 2.23. The van der Waals surface area contributed by atoms with Gasteiger partial charge in [0.15, 0.2) is 0 Å². The molecule has 0 atom stereocenters. The summed E-state index contributed by atoms with van der Waals surface area (Å²) in [5, 5.41) is 0.982. The molecule has 2 aromatic rings. The number of amides is 3. The number of thioether (sulfide) groups is 1. The number of halogens is 3. The van der Waals surface area contributed by atoms with Crippen molar-refractivity contribution >= 4 is 65.1 Å². The van der Waals surface area contributed by atoms with E-state index in [0.717, 1.165) is 16.8 Å². The molecule has 0 saturated carbocycles. The van der Waals surface area contributed by atoms with E-state index in [-0.39, 0.29) is 36.6 Å². The molecular weight excluding hydrogens is 674 g/mol. The number of anilines is 1. The first-order chi connectivity index (χ1) is 22.8. The van der Waals surface area contributed by atoms with Crippen LogP contribution >= 0.6 is 35.0 Å². The standard InChI is InChI=1S/C35H43Cl2FN6O3S/c1-25(19-44(27(3)45)22-34(46)40(5)6)17-29(26(2)39-4)20-41(24-48-23-28-7-9-30(38)10-8-28)21-35(47)43-15-13-42(14-16-43)31-11-12-32(36)33(37)18-31/h7-12,18-20H,2,4,13-17,21-24H2,1,3,5-6H3/b25-19+,29-20-. The van der Waals surface area contributed by atoms with Gasteiger partial charge in [0, 0.05) is 71.0 Å². The Morgan fingerprint density at radius 2 is 1.65 bits per heavy atom. The second kappa shape index (κ2) is 18.7. The summed E-state index contributed by atoms with van der Waals surface area (Å²) in [6.45, 7) is 13.4. The lowest BCUT2D eigenvalue weighted by molar-refractivity contribution is -0.135. The fourth-order valence-electron chi connectivity index (χ4n) is 4.85. The van der Waals surface area contributed by atoms with Gasteiger partial charge in [-0.2, -0.15) is 0 Å². The zero-order valence-corrected chi connectivity index (χ0v) is 30.3. The van der Waals surface area contributed by atoms with Crippen LogP contribution in [-0.2, 0) is 20.1 Å². The van der Waals surface area contributed by atoms with E-state index >= 15 is 0 Å². The van der Waals surface area contributed by atoms with Gasteiger partial charge in [0.05, 0.1) is 28.2 Å². The lowest BCUT2D eigenvalue weighted by Crippen LogP contribution is -2.51. The number of piperazine rings is 1. The van der Waals surface area contributed by atoms with E-state index in [2.05, 4.69) is 23.2 Å². The van der Waals surface area contributed by atoms with Crippen molar-refractivity contribution in [2.75, 3.05) is 64.1 Å². The number of hydrogen-bond acceptors (Lipinski definition) is 7. The molecule has 48 heavy (non-hydrogen) atoms. The van der Waals surface area contributed by atoms with Gasteiger partial charge in [-0.25, -0.2) is 4.39 Å². The first-order valence-electron chi connectivity index (χ1n) is 15.3. The first-order valence-corrected chi connectivity index (χ1v) is 17.2. The van der Waals surface area contributed by atoms with Crippen molar-refractivity contribution in [3.63, 3.8) is 0 Å². The molecule has 3 rings (SSSR count). The highest BCUT2D eigenvalue weighted by atomic mass is 35.5. The lowest BCUT2D eigenvalue weighted by atomic mass is 10.1. The fourth-order valence-corrected chi connectivity index (χ4v) is 6.06.